The first-order valence-corrected chi connectivity index (χ1v) is 7.66. The summed E-state index contributed by atoms with van der Waals surface area (Å²) < 4.78 is 42.8. The first-order chi connectivity index (χ1) is 7.79. The summed E-state index contributed by atoms with van der Waals surface area (Å²) in [5.74, 6) is -1.32. The van der Waals surface area contributed by atoms with Crippen LogP contribution < -0.4 is 0 Å². The standard InChI is InChI=1S/C7H16O8P2/c1-12-16(10,13-2)7(5-6(8)9)17(11,14-3)15-4/h7H,5H2,1-4H3,(H,8,9). The summed E-state index contributed by atoms with van der Waals surface area (Å²) in [4.78, 5) is 10.7. The highest BCUT2D eigenvalue weighted by Gasteiger charge is 2.50. The molecular formula is C7H16O8P2. The molecule has 0 saturated carbocycles. The smallest absolute Gasteiger partial charge is 0.345 e. The van der Waals surface area contributed by atoms with Gasteiger partial charge in [0.25, 0.3) is 0 Å². The Balaban J connectivity index is 5.49. The zero-order valence-electron chi connectivity index (χ0n) is 9.98. The number of aliphatic carboxylic acids is 1. The molecule has 0 rings (SSSR count). The molecule has 0 aromatic carbocycles. The van der Waals surface area contributed by atoms with E-state index in [4.69, 9.17) is 5.11 Å². The molecule has 8 nitrogen and oxygen atoms in total. The third kappa shape index (κ3) is 3.88. The molecule has 0 aromatic rings. The van der Waals surface area contributed by atoms with Crippen molar-refractivity contribution in [2.24, 2.45) is 0 Å². The summed E-state index contributed by atoms with van der Waals surface area (Å²) in [6, 6.07) is 0. The van der Waals surface area contributed by atoms with E-state index in [-0.39, 0.29) is 0 Å². The van der Waals surface area contributed by atoms with Crippen LogP contribution in [0, 0.1) is 0 Å². The van der Waals surface area contributed by atoms with Crippen molar-refractivity contribution in [3.63, 3.8) is 0 Å². The Bertz CT molecular complexity index is 312. The molecular weight excluding hydrogens is 274 g/mol. The average molecular weight is 290 g/mol. The molecule has 0 saturated heterocycles. The number of rotatable bonds is 8. The molecule has 17 heavy (non-hydrogen) atoms. The van der Waals surface area contributed by atoms with Crippen molar-refractivity contribution in [2.75, 3.05) is 28.4 Å². The number of carboxylic acids is 1. The molecule has 0 atom stereocenters. The summed E-state index contributed by atoms with van der Waals surface area (Å²) in [5.41, 5.74) is 0. The van der Waals surface area contributed by atoms with Gasteiger partial charge in [-0.2, -0.15) is 0 Å². The van der Waals surface area contributed by atoms with Crippen LogP contribution in [0.25, 0.3) is 0 Å². The first kappa shape index (κ1) is 16.8. The van der Waals surface area contributed by atoms with E-state index in [0.717, 1.165) is 28.4 Å². The second kappa shape index (κ2) is 6.64. The van der Waals surface area contributed by atoms with Crippen molar-refractivity contribution < 1.29 is 37.1 Å². The van der Waals surface area contributed by atoms with Crippen molar-refractivity contribution in [3.05, 3.63) is 0 Å². The highest BCUT2D eigenvalue weighted by atomic mass is 31.2. The summed E-state index contributed by atoms with van der Waals surface area (Å²) in [5, 5.41) is 7.21. The van der Waals surface area contributed by atoms with Gasteiger partial charge in [0, 0.05) is 28.4 Å². The number of hydrogen-bond donors (Lipinski definition) is 1. The fraction of sp³-hybridized carbons (Fsp3) is 0.857. The van der Waals surface area contributed by atoms with E-state index in [2.05, 4.69) is 18.1 Å². The van der Waals surface area contributed by atoms with Crippen LogP contribution in [0.4, 0.5) is 0 Å². The number of carbonyl (C=O) groups is 1. The second-order valence-corrected chi connectivity index (χ2v) is 8.16. The Morgan fingerprint density at radius 3 is 1.47 bits per heavy atom. The van der Waals surface area contributed by atoms with E-state index in [1.165, 1.54) is 0 Å². The minimum atomic E-state index is -3.89. The van der Waals surface area contributed by atoms with Crippen molar-refractivity contribution in [3.8, 4) is 0 Å². The van der Waals surface area contributed by atoms with E-state index in [0.29, 0.717) is 0 Å². The quantitative estimate of drug-likeness (QED) is 0.673. The van der Waals surface area contributed by atoms with Crippen LogP contribution >= 0.6 is 15.2 Å². The summed E-state index contributed by atoms with van der Waals surface area (Å²) in [6.45, 7) is 0. The highest BCUT2D eigenvalue weighted by Crippen LogP contribution is 2.70. The molecule has 0 fully saturated rings. The molecule has 0 bridgehead atoms. The Morgan fingerprint density at radius 2 is 1.29 bits per heavy atom. The lowest BCUT2D eigenvalue weighted by Crippen LogP contribution is -2.18. The molecule has 10 heteroatoms. The maximum Gasteiger partial charge on any atom is 0.345 e. The molecule has 0 heterocycles. The largest absolute Gasteiger partial charge is 0.481 e. The Hall–Kier alpha value is -0.230. The molecule has 0 aliphatic carbocycles. The van der Waals surface area contributed by atoms with E-state index < -0.39 is 33.0 Å². The van der Waals surface area contributed by atoms with Crippen molar-refractivity contribution in [1.82, 2.24) is 0 Å². The molecule has 0 aliphatic heterocycles. The predicted octanol–water partition coefficient (Wildman–Crippen LogP) is 1.76. The van der Waals surface area contributed by atoms with Gasteiger partial charge in [0.1, 0.15) is 0 Å². The van der Waals surface area contributed by atoms with Crippen LogP contribution in [0.2, 0.25) is 0 Å². The lowest BCUT2D eigenvalue weighted by molar-refractivity contribution is -0.136. The Morgan fingerprint density at radius 1 is 1.00 bits per heavy atom. The number of carboxylic acid groups (broad SMARTS) is 1. The minimum Gasteiger partial charge on any atom is -0.481 e. The van der Waals surface area contributed by atoms with Crippen LogP contribution in [0.3, 0.4) is 0 Å². The normalized spacial score (nSPS) is 13.0. The lowest BCUT2D eigenvalue weighted by atomic mass is 10.5. The molecule has 102 valence electrons. The topological polar surface area (TPSA) is 108 Å². The van der Waals surface area contributed by atoms with Crippen LogP contribution in [0.15, 0.2) is 0 Å². The van der Waals surface area contributed by atoms with Gasteiger partial charge in [-0.05, 0) is 0 Å². The SMILES string of the molecule is COP(=O)(OC)C(CC(=O)O)P(=O)(OC)OC. The van der Waals surface area contributed by atoms with Gasteiger partial charge in [0.15, 0.2) is 5.40 Å². The molecule has 0 spiro atoms. The highest BCUT2D eigenvalue weighted by molar-refractivity contribution is 7.72. The fourth-order valence-corrected chi connectivity index (χ4v) is 5.74. The van der Waals surface area contributed by atoms with Crippen LogP contribution in [0.5, 0.6) is 0 Å². The zero-order valence-corrected chi connectivity index (χ0v) is 11.8. The van der Waals surface area contributed by atoms with Crippen molar-refractivity contribution >= 4 is 21.2 Å². The van der Waals surface area contributed by atoms with E-state index >= 15 is 0 Å². The van der Waals surface area contributed by atoms with E-state index in [1.807, 2.05) is 0 Å². The van der Waals surface area contributed by atoms with Crippen LogP contribution in [-0.2, 0) is 32.0 Å². The third-order valence-electron chi connectivity index (χ3n) is 2.11. The van der Waals surface area contributed by atoms with Gasteiger partial charge in [-0.15, -0.1) is 0 Å². The minimum absolute atomic E-state index is 0.724. The molecule has 0 aliphatic rings. The van der Waals surface area contributed by atoms with Gasteiger partial charge in [0.05, 0.1) is 6.42 Å². The molecule has 1 N–H and O–H groups in total. The van der Waals surface area contributed by atoms with Gasteiger partial charge < -0.3 is 23.2 Å². The zero-order chi connectivity index (χ0) is 13.7. The maximum atomic E-state index is 12.1. The number of hydrogen-bond acceptors (Lipinski definition) is 7. The van der Waals surface area contributed by atoms with Crippen molar-refractivity contribution in [1.29, 1.82) is 0 Å². The Kier molecular flexibility index (Phi) is 6.55. The van der Waals surface area contributed by atoms with Gasteiger partial charge in [0.2, 0.25) is 0 Å². The lowest BCUT2D eigenvalue weighted by Gasteiger charge is -2.27. The van der Waals surface area contributed by atoms with E-state index in [9.17, 15) is 13.9 Å². The molecule has 0 radical (unpaired) electrons. The van der Waals surface area contributed by atoms with Gasteiger partial charge in [-0.25, -0.2) is 0 Å². The fourth-order valence-electron chi connectivity index (χ4n) is 1.19. The van der Waals surface area contributed by atoms with E-state index in [1.54, 1.807) is 0 Å². The van der Waals surface area contributed by atoms with Crippen molar-refractivity contribution in [2.45, 2.75) is 11.8 Å². The van der Waals surface area contributed by atoms with Crippen LogP contribution in [-0.4, -0.2) is 44.9 Å². The molecule has 0 unspecified atom stereocenters. The molecule has 0 aromatic heterocycles. The maximum absolute atomic E-state index is 12.1. The third-order valence-corrected chi connectivity index (χ3v) is 7.66. The average Bonchev–Trinajstić information content (AvgIpc) is 2.34. The monoisotopic (exact) mass is 290 g/mol. The van der Waals surface area contributed by atoms with Crippen LogP contribution in [0.1, 0.15) is 6.42 Å². The van der Waals surface area contributed by atoms with Gasteiger partial charge in [-0.3, -0.25) is 13.9 Å². The Labute approximate surface area is 99.3 Å². The predicted molar refractivity (Wildman–Crippen MR) is 59.3 cm³/mol. The summed E-state index contributed by atoms with van der Waals surface area (Å²) in [7, 11) is -3.53. The summed E-state index contributed by atoms with van der Waals surface area (Å²) >= 11 is 0. The van der Waals surface area contributed by atoms with Gasteiger partial charge >= 0.3 is 21.2 Å². The van der Waals surface area contributed by atoms with Gasteiger partial charge in [-0.1, -0.05) is 0 Å². The molecule has 0 amide bonds. The second-order valence-electron chi connectivity index (χ2n) is 2.89. The first-order valence-electron chi connectivity index (χ1n) is 4.43. The summed E-state index contributed by atoms with van der Waals surface area (Å²) in [6.07, 6.45) is -0.724.